The average molecular weight is 280 g/mol. The van der Waals surface area contributed by atoms with Crippen LogP contribution in [0.25, 0.3) is 15.8 Å². The first-order chi connectivity index (χ1) is 8.13. The minimum absolute atomic E-state index is 0. The van der Waals surface area contributed by atoms with E-state index in [1.54, 1.807) is 11.3 Å². The summed E-state index contributed by atoms with van der Waals surface area (Å²) in [6, 6.07) is 10.4. The third-order valence-corrected chi connectivity index (χ3v) is 3.73. The summed E-state index contributed by atoms with van der Waals surface area (Å²) >= 11 is 1.64. The Morgan fingerprint density at radius 2 is 2.06 bits per heavy atom. The number of para-hydroxylation sites is 1. The molecule has 0 saturated heterocycles. The van der Waals surface area contributed by atoms with Gasteiger partial charge in [0, 0.05) is 26.4 Å². The lowest BCUT2D eigenvalue weighted by Gasteiger charge is -2.03. The normalized spacial score (nSPS) is 10.9. The predicted octanol–water partition coefficient (Wildman–Crippen LogP) is -0.844. The maximum atomic E-state index is 9.23. The Morgan fingerprint density at radius 3 is 2.61 bits per heavy atom. The maximum absolute atomic E-state index is 9.23. The van der Waals surface area contributed by atoms with Gasteiger partial charge in [0.25, 0.3) is 5.01 Å². The van der Waals surface area contributed by atoms with Gasteiger partial charge in [-0.25, -0.2) is 0 Å². The molecule has 0 saturated carbocycles. The number of hydrogen-bond acceptors (Lipinski definition) is 3. The molecule has 1 heterocycles. The van der Waals surface area contributed by atoms with Crippen LogP contribution in [0.4, 0.5) is 0 Å². The number of aryl methyl sites for hydroxylation is 1. The third-order valence-electron chi connectivity index (χ3n) is 2.48. The van der Waals surface area contributed by atoms with Crippen LogP contribution in [-0.2, 0) is 7.05 Å². The van der Waals surface area contributed by atoms with Crippen molar-refractivity contribution in [1.29, 1.82) is 5.26 Å². The van der Waals surface area contributed by atoms with Crippen LogP contribution in [0.2, 0.25) is 0 Å². The largest absolute Gasteiger partial charge is 1.00 e. The molecule has 0 amide bonds. The summed E-state index contributed by atoms with van der Waals surface area (Å²) in [5.74, 6) is 0. The van der Waals surface area contributed by atoms with E-state index in [1.165, 1.54) is 4.70 Å². The molecule has 94 valence electrons. The Hall–Kier alpha value is -1.57. The number of allylic oxidation sites excluding steroid dienone is 1. The molecule has 3 nitrogen and oxygen atoms in total. The molecule has 0 aliphatic rings. The molecule has 0 fully saturated rings. The van der Waals surface area contributed by atoms with E-state index < -0.39 is 0 Å². The molecule has 0 spiro atoms. The Labute approximate surface area is 117 Å². The standard InChI is InChI=1S/C13H14N3S.ClH/c1-15(2)9-10(8-14)13-16(3)11-6-4-5-7-12(11)17-13;/h4-7,9H,1-3H3;1H/q+1;/p-1. The van der Waals surface area contributed by atoms with Crippen LogP contribution in [-0.4, -0.2) is 19.0 Å². The first kappa shape index (κ1) is 14.5. The SMILES string of the molecule is CN(C)C=C(C#N)c1sc2ccccc2[n+]1C.[Cl-]. The molecule has 0 atom stereocenters. The van der Waals surface area contributed by atoms with E-state index in [1.807, 2.05) is 44.4 Å². The van der Waals surface area contributed by atoms with E-state index in [2.05, 4.69) is 22.8 Å². The highest BCUT2D eigenvalue weighted by Crippen LogP contribution is 2.24. The van der Waals surface area contributed by atoms with Gasteiger partial charge in [-0.1, -0.05) is 23.5 Å². The van der Waals surface area contributed by atoms with Gasteiger partial charge in [0.1, 0.15) is 17.8 Å². The number of aromatic nitrogens is 1. The molecule has 1 aromatic carbocycles. The number of halogens is 1. The molecule has 1 aromatic heterocycles. The van der Waals surface area contributed by atoms with Crippen LogP contribution in [0, 0.1) is 11.3 Å². The number of rotatable bonds is 2. The summed E-state index contributed by atoms with van der Waals surface area (Å²) < 4.78 is 3.27. The maximum Gasteiger partial charge on any atom is 0.282 e. The first-order valence-electron chi connectivity index (χ1n) is 5.29. The van der Waals surface area contributed by atoms with Gasteiger partial charge < -0.3 is 17.3 Å². The van der Waals surface area contributed by atoms with Crippen molar-refractivity contribution >= 4 is 27.1 Å². The van der Waals surface area contributed by atoms with Crippen molar-refractivity contribution in [3.63, 3.8) is 0 Å². The smallest absolute Gasteiger partial charge is 0.282 e. The summed E-state index contributed by atoms with van der Waals surface area (Å²) in [6.07, 6.45) is 1.85. The number of nitrogens with zero attached hydrogens (tertiary/aromatic N) is 3. The van der Waals surface area contributed by atoms with E-state index in [-0.39, 0.29) is 12.4 Å². The Bertz CT molecular complexity index is 623. The zero-order valence-electron chi connectivity index (χ0n) is 10.5. The van der Waals surface area contributed by atoms with Crippen LogP contribution in [0.1, 0.15) is 5.01 Å². The van der Waals surface area contributed by atoms with Gasteiger partial charge in [0.2, 0.25) is 5.52 Å². The van der Waals surface area contributed by atoms with Gasteiger partial charge in [0.05, 0.1) is 0 Å². The van der Waals surface area contributed by atoms with Crippen molar-refractivity contribution < 1.29 is 17.0 Å². The molecule has 0 bridgehead atoms. The van der Waals surface area contributed by atoms with E-state index in [4.69, 9.17) is 0 Å². The molecule has 0 radical (unpaired) electrons. The van der Waals surface area contributed by atoms with Gasteiger partial charge in [-0.15, -0.1) is 0 Å². The van der Waals surface area contributed by atoms with Crippen LogP contribution in [0.3, 0.4) is 0 Å². The minimum Gasteiger partial charge on any atom is -1.00 e. The van der Waals surface area contributed by atoms with Gasteiger partial charge >= 0.3 is 0 Å². The highest BCUT2D eigenvalue weighted by atomic mass is 35.5. The fraction of sp³-hybridized carbons (Fsp3) is 0.231. The van der Waals surface area contributed by atoms with Crippen molar-refractivity contribution in [2.45, 2.75) is 0 Å². The fourth-order valence-corrected chi connectivity index (χ4v) is 2.84. The van der Waals surface area contributed by atoms with E-state index in [0.29, 0.717) is 5.57 Å². The van der Waals surface area contributed by atoms with Crippen molar-refractivity contribution in [1.82, 2.24) is 4.90 Å². The van der Waals surface area contributed by atoms with Crippen molar-refractivity contribution in [3.05, 3.63) is 35.5 Å². The third kappa shape index (κ3) is 2.63. The highest BCUT2D eigenvalue weighted by Gasteiger charge is 2.20. The summed E-state index contributed by atoms with van der Waals surface area (Å²) in [5, 5.41) is 10.2. The quantitative estimate of drug-likeness (QED) is 0.530. The van der Waals surface area contributed by atoms with Crippen molar-refractivity contribution in [2.24, 2.45) is 7.05 Å². The molecular weight excluding hydrogens is 266 g/mol. The van der Waals surface area contributed by atoms with Crippen LogP contribution in [0.15, 0.2) is 30.5 Å². The predicted molar refractivity (Wildman–Crippen MR) is 70.3 cm³/mol. The molecular formula is C13H14ClN3S. The van der Waals surface area contributed by atoms with Gasteiger partial charge in [-0.3, -0.25) is 0 Å². The molecule has 2 rings (SSSR count). The van der Waals surface area contributed by atoms with Gasteiger partial charge in [-0.05, 0) is 6.07 Å². The fourth-order valence-electron chi connectivity index (χ4n) is 1.73. The average Bonchev–Trinajstić information content (AvgIpc) is 2.64. The second-order valence-electron chi connectivity index (χ2n) is 4.05. The highest BCUT2D eigenvalue weighted by molar-refractivity contribution is 7.19. The lowest BCUT2D eigenvalue weighted by atomic mass is 10.3. The second-order valence-corrected chi connectivity index (χ2v) is 5.08. The molecule has 18 heavy (non-hydrogen) atoms. The van der Waals surface area contributed by atoms with Gasteiger partial charge in [-0.2, -0.15) is 9.83 Å². The Morgan fingerprint density at radius 1 is 1.39 bits per heavy atom. The van der Waals surface area contributed by atoms with Gasteiger partial charge in [0.15, 0.2) is 5.57 Å². The number of fused-ring (bicyclic) bond motifs is 1. The van der Waals surface area contributed by atoms with E-state index in [0.717, 1.165) is 10.5 Å². The zero-order valence-corrected chi connectivity index (χ0v) is 12.1. The van der Waals surface area contributed by atoms with E-state index >= 15 is 0 Å². The lowest BCUT2D eigenvalue weighted by Crippen LogP contribution is -3.00. The second kappa shape index (κ2) is 5.85. The summed E-state index contributed by atoms with van der Waals surface area (Å²) in [4.78, 5) is 1.89. The first-order valence-corrected chi connectivity index (χ1v) is 6.11. The molecule has 0 N–H and O–H groups in total. The Kier molecular flexibility index (Phi) is 4.71. The number of thiazole rings is 1. The molecule has 2 aromatic rings. The molecule has 5 heteroatoms. The minimum atomic E-state index is 0. The molecule has 0 aliphatic carbocycles. The number of hydrogen-bond donors (Lipinski definition) is 0. The topological polar surface area (TPSA) is 30.9 Å². The van der Waals surface area contributed by atoms with E-state index in [9.17, 15) is 5.26 Å². The number of benzene rings is 1. The summed E-state index contributed by atoms with van der Waals surface area (Å²) in [7, 11) is 5.84. The molecule has 0 unspecified atom stereocenters. The monoisotopic (exact) mass is 279 g/mol. The van der Waals surface area contributed by atoms with Crippen molar-refractivity contribution in [2.75, 3.05) is 14.1 Å². The van der Waals surface area contributed by atoms with Crippen molar-refractivity contribution in [3.8, 4) is 6.07 Å². The molecule has 0 aliphatic heterocycles. The zero-order chi connectivity index (χ0) is 12.4. The number of nitriles is 1. The Balaban J connectivity index is 0.00000162. The van der Waals surface area contributed by atoms with Crippen LogP contribution < -0.4 is 17.0 Å². The van der Waals surface area contributed by atoms with Crippen LogP contribution >= 0.6 is 11.3 Å². The summed E-state index contributed by atoms with van der Waals surface area (Å²) in [6.45, 7) is 0. The van der Waals surface area contributed by atoms with Crippen LogP contribution in [0.5, 0.6) is 0 Å². The summed E-state index contributed by atoms with van der Waals surface area (Å²) in [5.41, 5.74) is 1.85. The lowest BCUT2D eigenvalue weighted by molar-refractivity contribution is -0.642.